The molecule has 1 heterocycles. The van der Waals surface area contributed by atoms with Gasteiger partial charge in [-0.15, -0.1) is 12.4 Å². The monoisotopic (exact) mass is 312 g/mol. The molecular weight excluding hydrogens is 288 g/mol. The molecule has 4 nitrogen and oxygen atoms in total. The number of halogens is 1. The van der Waals surface area contributed by atoms with E-state index in [-0.39, 0.29) is 24.2 Å². The van der Waals surface area contributed by atoms with Gasteiger partial charge in [-0.3, -0.25) is 4.79 Å². The van der Waals surface area contributed by atoms with E-state index < -0.39 is 0 Å². The first kappa shape index (κ1) is 17.8. The molecule has 0 aromatic heterocycles. The van der Waals surface area contributed by atoms with E-state index in [1.165, 1.54) is 0 Å². The number of hydrogen-bond acceptors (Lipinski definition) is 3. The minimum Gasteiger partial charge on any atom is -0.493 e. The summed E-state index contributed by atoms with van der Waals surface area (Å²) in [6, 6.07) is 7.92. The molecule has 1 unspecified atom stereocenters. The van der Waals surface area contributed by atoms with Crippen molar-refractivity contribution in [2.75, 3.05) is 19.7 Å². The molecule has 1 aromatic rings. The van der Waals surface area contributed by atoms with Gasteiger partial charge in [-0.2, -0.15) is 0 Å². The van der Waals surface area contributed by atoms with Crippen LogP contribution in [0.3, 0.4) is 0 Å². The Morgan fingerprint density at radius 3 is 2.95 bits per heavy atom. The van der Waals surface area contributed by atoms with Crippen LogP contribution in [0.4, 0.5) is 0 Å². The lowest BCUT2D eigenvalue weighted by atomic mass is 10.1. The van der Waals surface area contributed by atoms with Crippen LogP contribution in [-0.4, -0.2) is 25.6 Å². The van der Waals surface area contributed by atoms with Gasteiger partial charge in [0.1, 0.15) is 5.75 Å². The van der Waals surface area contributed by atoms with Gasteiger partial charge in [0.2, 0.25) is 5.91 Å². The van der Waals surface area contributed by atoms with Crippen LogP contribution in [0.15, 0.2) is 24.3 Å². The van der Waals surface area contributed by atoms with E-state index in [9.17, 15) is 4.79 Å². The second-order valence-corrected chi connectivity index (χ2v) is 5.76. The maximum atomic E-state index is 11.9. The van der Waals surface area contributed by atoms with Crippen LogP contribution in [0, 0.1) is 11.8 Å². The number of nitrogens with one attached hydrogen (secondary N) is 2. The van der Waals surface area contributed by atoms with Gasteiger partial charge in [-0.1, -0.05) is 26.0 Å². The molecule has 1 amide bonds. The third kappa shape index (κ3) is 5.94. The molecule has 1 aliphatic heterocycles. The predicted octanol–water partition coefficient (Wildman–Crippen LogP) is 2.37. The molecule has 1 aromatic carbocycles. The van der Waals surface area contributed by atoms with Crippen molar-refractivity contribution >= 4 is 18.3 Å². The zero-order chi connectivity index (χ0) is 14.4. The van der Waals surface area contributed by atoms with E-state index in [1.54, 1.807) is 0 Å². The number of ether oxygens (including phenoxy) is 1. The van der Waals surface area contributed by atoms with Gasteiger partial charge in [0.05, 0.1) is 12.5 Å². The lowest BCUT2D eigenvalue weighted by Crippen LogP contribution is -2.31. The molecule has 1 fully saturated rings. The largest absolute Gasteiger partial charge is 0.493 e. The molecule has 0 saturated carbocycles. The maximum Gasteiger partial charge on any atom is 0.224 e. The fraction of sp³-hybridized carbons (Fsp3) is 0.562. The molecule has 2 N–H and O–H groups in total. The number of amides is 1. The highest BCUT2D eigenvalue weighted by molar-refractivity contribution is 5.85. The number of rotatable bonds is 6. The van der Waals surface area contributed by atoms with Crippen molar-refractivity contribution in [1.29, 1.82) is 0 Å². The van der Waals surface area contributed by atoms with Gasteiger partial charge in [0.25, 0.3) is 0 Å². The summed E-state index contributed by atoms with van der Waals surface area (Å²) in [6.07, 6.45) is 0.934. The van der Waals surface area contributed by atoms with Crippen LogP contribution < -0.4 is 15.4 Å². The highest BCUT2D eigenvalue weighted by atomic mass is 35.5. The lowest BCUT2D eigenvalue weighted by molar-refractivity contribution is -0.124. The quantitative estimate of drug-likeness (QED) is 0.848. The Morgan fingerprint density at radius 1 is 1.48 bits per heavy atom. The van der Waals surface area contributed by atoms with Gasteiger partial charge in [0.15, 0.2) is 0 Å². The summed E-state index contributed by atoms with van der Waals surface area (Å²) in [4.78, 5) is 11.9. The van der Waals surface area contributed by atoms with Crippen LogP contribution in [-0.2, 0) is 11.3 Å². The molecule has 5 heteroatoms. The summed E-state index contributed by atoms with van der Waals surface area (Å²) in [5.41, 5.74) is 1.07. The second-order valence-electron chi connectivity index (χ2n) is 5.76. The normalized spacial score (nSPS) is 17.4. The third-order valence-corrected chi connectivity index (χ3v) is 3.38. The van der Waals surface area contributed by atoms with E-state index in [1.807, 2.05) is 24.3 Å². The molecule has 0 bridgehead atoms. The summed E-state index contributed by atoms with van der Waals surface area (Å²) in [5, 5.41) is 6.21. The maximum absolute atomic E-state index is 11.9. The van der Waals surface area contributed by atoms with E-state index in [4.69, 9.17) is 4.74 Å². The number of hydrogen-bond donors (Lipinski definition) is 2. The van der Waals surface area contributed by atoms with Crippen LogP contribution in [0.1, 0.15) is 25.8 Å². The average Bonchev–Trinajstić information content (AvgIpc) is 2.97. The molecular formula is C16H25ClN2O2. The minimum atomic E-state index is 0. The van der Waals surface area contributed by atoms with Crippen LogP contribution >= 0.6 is 12.4 Å². The van der Waals surface area contributed by atoms with Crippen molar-refractivity contribution in [1.82, 2.24) is 10.6 Å². The molecule has 2 rings (SSSR count). The van der Waals surface area contributed by atoms with E-state index >= 15 is 0 Å². The highest BCUT2D eigenvalue weighted by Gasteiger charge is 2.21. The first-order valence-electron chi connectivity index (χ1n) is 7.35. The Bertz CT molecular complexity index is 446. The van der Waals surface area contributed by atoms with Crippen LogP contribution in [0.5, 0.6) is 5.75 Å². The third-order valence-electron chi connectivity index (χ3n) is 3.38. The van der Waals surface area contributed by atoms with E-state index in [2.05, 4.69) is 24.5 Å². The summed E-state index contributed by atoms with van der Waals surface area (Å²) in [7, 11) is 0. The smallest absolute Gasteiger partial charge is 0.224 e. The van der Waals surface area contributed by atoms with Crippen LogP contribution in [0.25, 0.3) is 0 Å². The second kappa shape index (κ2) is 8.90. The predicted molar refractivity (Wildman–Crippen MR) is 86.8 cm³/mol. The molecule has 21 heavy (non-hydrogen) atoms. The Labute approximate surface area is 133 Å². The molecule has 0 aliphatic carbocycles. The van der Waals surface area contributed by atoms with E-state index in [0.29, 0.717) is 19.1 Å². The Balaban J connectivity index is 0.00000220. The standard InChI is InChI=1S/C16H24N2O2.ClH/c1-12(2)11-20-15-5-3-4-13(8-15)9-18-16(19)14-6-7-17-10-14;/h3-5,8,12,14,17H,6-7,9-11H2,1-2H3,(H,18,19);1H. The lowest BCUT2D eigenvalue weighted by Gasteiger charge is -2.12. The summed E-state index contributed by atoms with van der Waals surface area (Å²) in [6.45, 7) is 7.26. The topological polar surface area (TPSA) is 50.4 Å². The Morgan fingerprint density at radius 2 is 2.29 bits per heavy atom. The fourth-order valence-corrected chi connectivity index (χ4v) is 2.22. The summed E-state index contributed by atoms with van der Waals surface area (Å²) < 4.78 is 5.69. The number of benzene rings is 1. The molecule has 1 atom stereocenters. The van der Waals surface area contributed by atoms with Gasteiger partial charge < -0.3 is 15.4 Å². The van der Waals surface area contributed by atoms with Crippen molar-refractivity contribution < 1.29 is 9.53 Å². The number of carbonyl (C=O) groups excluding carboxylic acids is 1. The molecule has 1 saturated heterocycles. The van der Waals surface area contributed by atoms with Crippen molar-refractivity contribution in [3.63, 3.8) is 0 Å². The zero-order valence-electron chi connectivity index (χ0n) is 12.7. The molecule has 118 valence electrons. The molecule has 0 spiro atoms. The first-order valence-corrected chi connectivity index (χ1v) is 7.35. The Hall–Kier alpha value is -1.26. The van der Waals surface area contributed by atoms with Crippen LogP contribution in [0.2, 0.25) is 0 Å². The summed E-state index contributed by atoms with van der Waals surface area (Å²) in [5.74, 6) is 1.64. The minimum absolute atomic E-state index is 0. The van der Waals surface area contributed by atoms with Gasteiger partial charge >= 0.3 is 0 Å². The Kier molecular flexibility index (Phi) is 7.54. The molecule has 0 radical (unpaired) electrons. The van der Waals surface area contributed by atoms with Crippen molar-refractivity contribution in [3.8, 4) is 5.75 Å². The van der Waals surface area contributed by atoms with Gasteiger partial charge in [-0.25, -0.2) is 0 Å². The van der Waals surface area contributed by atoms with Crippen molar-refractivity contribution in [2.45, 2.75) is 26.8 Å². The first-order chi connectivity index (χ1) is 9.65. The van der Waals surface area contributed by atoms with E-state index in [0.717, 1.165) is 30.8 Å². The van der Waals surface area contributed by atoms with Gasteiger partial charge in [0, 0.05) is 13.1 Å². The number of carbonyl (C=O) groups is 1. The van der Waals surface area contributed by atoms with Gasteiger partial charge in [-0.05, 0) is 36.6 Å². The average molecular weight is 313 g/mol. The molecule has 1 aliphatic rings. The van der Waals surface area contributed by atoms with Crippen molar-refractivity contribution in [2.24, 2.45) is 11.8 Å². The SMILES string of the molecule is CC(C)COc1cccc(CNC(=O)C2CCNC2)c1.Cl. The highest BCUT2D eigenvalue weighted by Crippen LogP contribution is 2.15. The summed E-state index contributed by atoms with van der Waals surface area (Å²) >= 11 is 0. The fourth-order valence-electron chi connectivity index (χ4n) is 2.22. The van der Waals surface area contributed by atoms with Crippen molar-refractivity contribution in [3.05, 3.63) is 29.8 Å². The zero-order valence-corrected chi connectivity index (χ0v) is 13.5.